The predicted molar refractivity (Wildman–Crippen MR) is 259 cm³/mol. The highest BCUT2D eigenvalue weighted by Crippen LogP contribution is 2.69. The number of para-hydroxylation sites is 1. The van der Waals surface area contributed by atoms with Gasteiger partial charge in [0.2, 0.25) is 0 Å². The lowest BCUT2D eigenvalue weighted by Crippen LogP contribution is -2.55. The molecule has 0 atom stereocenters. The van der Waals surface area contributed by atoms with Crippen molar-refractivity contribution in [2.75, 3.05) is 0 Å². The van der Waals surface area contributed by atoms with Gasteiger partial charge in [-0.2, -0.15) is 0 Å². The summed E-state index contributed by atoms with van der Waals surface area (Å²) in [5.74, 6) is 3.32. The highest BCUT2D eigenvalue weighted by Gasteiger charge is 2.61. The summed E-state index contributed by atoms with van der Waals surface area (Å²) in [4.78, 5) is 0. The Labute approximate surface area is 360 Å². The topological polar surface area (TPSA) is 9.86 Å². The number of nitrogens with zero attached hydrogens (tertiary/aromatic N) is 2. The quantitative estimate of drug-likeness (QED) is 0.169. The van der Waals surface area contributed by atoms with E-state index in [0.29, 0.717) is 0 Å². The van der Waals surface area contributed by atoms with Gasteiger partial charge in [-0.05, 0) is 177 Å². The molecule has 4 bridgehead atoms. The molecule has 9 aromatic carbocycles. The first-order chi connectivity index (χ1) is 30.7. The van der Waals surface area contributed by atoms with Gasteiger partial charge in [0.1, 0.15) is 0 Å². The van der Waals surface area contributed by atoms with Gasteiger partial charge in [0.15, 0.2) is 0 Å². The summed E-state index contributed by atoms with van der Waals surface area (Å²) in [6.07, 6.45) is 7.04. The van der Waals surface area contributed by atoms with E-state index in [-0.39, 0.29) is 5.41 Å². The molecule has 1 spiro atoms. The zero-order valence-corrected chi connectivity index (χ0v) is 34.6. The molecule has 2 nitrogen and oxygen atoms in total. The lowest BCUT2D eigenvalue weighted by molar-refractivity contribution is -0.0399. The van der Waals surface area contributed by atoms with Crippen molar-refractivity contribution in [1.82, 2.24) is 9.13 Å². The molecule has 4 saturated carbocycles. The van der Waals surface area contributed by atoms with Crippen LogP contribution >= 0.6 is 0 Å². The maximum Gasteiger partial charge on any atom is 0.0547 e. The molecule has 2 heterocycles. The zero-order valence-electron chi connectivity index (χ0n) is 34.6. The number of fused-ring (bicyclic) bond motifs is 11. The number of rotatable bonds is 3. The van der Waals surface area contributed by atoms with Gasteiger partial charge in [0, 0.05) is 38.3 Å². The van der Waals surface area contributed by atoms with Crippen LogP contribution in [0.1, 0.15) is 43.2 Å². The van der Waals surface area contributed by atoms with Crippen LogP contribution in [0.25, 0.3) is 98.8 Å². The summed E-state index contributed by atoms with van der Waals surface area (Å²) < 4.78 is 5.03. The highest BCUT2D eigenvalue weighted by atomic mass is 15.0. The van der Waals surface area contributed by atoms with Crippen molar-refractivity contribution in [3.05, 3.63) is 193 Å². The third-order valence-corrected chi connectivity index (χ3v) is 16.4. The minimum atomic E-state index is 0.129. The molecule has 62 heavy (non-hydrogen) atoms. The maximum atomic E-state index is 2.65. The zero-order chi connectivity index (χ0) is 40.3. The van der Waals surface area contributed by atoms with E-state index in [9.17, 15) is 0 Å². The molecule has 0 N–H and O–H groups in total. The Morgan fingerprint density at radius 2 is 0.871 bits per heavy atom. The van der Waals surface area contributed by atoms with E-state index in [0.717, 1.165) is 23.7 Å². The van der Waals surface area contributed by atoms with Crippen molar-refractivity contribution in [3.8, 4) is 33.6 Å². The van der Waals surface area contributed by atoms with E-state index in [2.05, 4.69) is 191 Å². The first-order valence-electron chi connectivity index (χ1n) is 22.9. The van der Waals surface area contributed by atoms with Gasteiger partial charge in [-0.3, -0.25) is 0 Å². The third kappa shape index (κ3) is 4.39. The van der Waals surface area contributed by atoms with Crippen molar-refractivity contribution >= 4 is 65.2 Å². The average molecular weight is 793 g/mol. The molecule has 0 aliphatic heterocycles. The molecule has 5 aliphatic carbocycles. The molecule has 11 aromatic rings. The molecular formula is C60H44N2. The Bertz CT molecular complexity index is 3700. The molecular weight excluding hydrogens is 749 g/mol. The number of hydrogen-bond donors (Lipinski definition) is 0. The van der Waals surface area contributed by atoms with E-state index in [1.165, 1.54) is 131 Å². The predicted octanol–water partition coefficient (Wildman–Crippen LogP) is 15.6. The lowest BCUT2D eigenvalue weighted by Gasteiger charge is -2.61. The summed E-state index contributed by atoms with van der Waals surface area (Å²) >= 11 is 0. The van der Waals surface area contributed by atoms with Crippen LogP contribution in [0.2, 0.25) is 0 Å². The molecule has 5 aliphatic rings. The fourth-order valence-corrected chi connectivity index (χ4v) is 14.2. The van der Waals surface area contributed by atoms with Gasteiger partial charge in [-0.25, -0.2) is 0 Å². The standard InChI is InChI=1S/C60H44N2/c1-2-10-39-30-46(20-17-38(39)9-1)61-56-16-8-6-14-50(56)51-32-42(18-23-57(51)61)43-19-24-58-52(33-43)53-31-40-11-3-4-12-41(40)34-59(53)62(58)47-21-22-49-48-13-5-7-15-54(48)60(55(49)35-47)44-26-36-25-37(28-44)29-45(60)27-36/h1-24,30-37,44-45H,25-29H2. The fraction of sp³-hybridized carbons (Fsp3) is 0.167. The van der Waals surface area contributed by atoms with Crippen LogP contribution in [-0.4, -0.2) is 9.13 Å². The molecule has 0 unspecified atom stereocenters. The SMILES string of the molecule is c1ccc2c(c1)-c1ccc(-n3c4ccc(-c5ccc6c(c5)c5ccccc5n6-c5ccc6ccccc6c5)cc4c4cc5ccccc5cc43)cc1C21C2CC3CC(C2)CC1C3. The van der Waals surface area contributed by atoms with E-state index >= 15 is 0 Å². The Morgan fingerprint density at radius 1 is 0.339 bits per heavy atom. The van der Waals surface area contributed by atoms with Gasteiger partial charge < -0.3 is 9.13 Å². The molecule has 0 saturated heterocycles. The van der Waals surface area contributed by atoms with Crippen LogP contribution in [-0.2, 0) is 5.41 Å². The summed E-state index contributed by atoms with van der Waals surface area (Å²) in [6, 6.07) is 69.5. The Balaban J connectivity index is 0.928. The summed E-state index contributed by atoms with van der Waals surface area (Å²) in [5, 5.41) is 10.2. The summed E-state index contributed by atoms with van der Waals surface area (Å²) in [7, 11) is 0. The van der Waals surface area contributed by atoms with E-state index in [4.69, 9.17) is 0 Å². The molecule has 16 rings (SSSR count). The van der Waals surface area contributed by atoms with Crippen molar-refractivity contribution in [2.45, 2.75) is 37.5 Å². The van der Waals surface area contributed by atoms with Crippen LogP contribution in [0.15, 0.2) is 182 Å². The van der Waals surface area contributed by atoms with E-state index < -0.39 is 0 Å². The molecule has 294 valence electrons. The minimum Gasteiger partial charge on any atom is -0.309 e. The Hall–Kier alpha value is -6.90. The molecule has 4 fully saturated rings. The fourth-order valence-electron chi connectivity index (χ4n) is 14.2. The van der Waals surface area contributed by atoms with Gasteiger partial charge in [0.25, 0.3) is 0 Å². The Morgan fingerprint density at radius 3 is 1.63 bits per heavy atom. The monoisotopic (exact) mass is 792 g/mol. The summed E-state index contributed by atoms with van der Waals surface area (Å²) in [6.45, 7) is 0. The first-order valence-corrected chi connectivity index (χ1v) is 22.9. The van der Waals surface area contributed by atoms with Crippen molar-refractivity contribution in [1.29, 1.82) is 0 Å². The minimum absolute atomic E-state index is 0.129. The third-order valence-electron chi connectivity index (χ3n) is 16.4. The molecule has 0 amide bonds. The normalized spacial score (nSPS) is 22.3. The van der Waals surface area contributed by atoms with Crippen molar-refractivity contribution in [2.24, 2.45) is 23.7 Å². The highest BCUT2D eigenvalue weighted by molar-refractivity contribution is 6.15. The van der Waals surface area contributed by atoms with Crippen LogP contribution in [0.5, 0.6) is 0 Å². The number of hydrogen-bond acceptors (Lipinski definition) is 0. The Kier molecular flexibility index (Phi) is 6.61. The van der Waals surface area contributed by atoms with Crippen LogP contribution < -0.4 is 0 Å². The molecule has 2 heteroatoms. The maximum absolute atomic E-state index is 2.65. The van der Waals surface area contributed by atoms with Crippen LogP contribution in [0.3, 0.4) is 0 Å². The van der Waals surface area contributed by atoms with Gasteiger partial charge >= 0.3 is 0 Å². The van der Waals surface area contributed by atoms with Gasteiger partial charge in [-0.1, -0.05) is 115 Å². The average Bonchev–Trinajstić information content (AvgIpc) is 3.92. The number of aromatic nitrogens is 2. The second kappa shape index (κ2) is 12.1. The van der Waals surface area contributed by atoms with Crippen molar-refractivity contribution < 1.29 is 0 Å². The molecule has 2 aromatic heterocycles. The molecule has 0 radical (unpaired) electrons. The van der Waals surface area contributed by atoms with Crippen LogP contribution in [0, 0.1) is 23.7 Å². The summed E-state index contributed by atoms with van der Waals surface area (Å²) in [5.41, 5.74) is 16.3. The first kappa shape index (κ1) is 33.8. The second-order valence-electron chi connectivity index (χ2n) is 19.3. The second-order valence-corrected chi connectivity index (χ2v) is 19.3. The van der Waals surface area contributed by atoms with Gasteiger partial charge in [0.05, 0.1) is 22.1 Å². The van der Waals surface area contributed by atoms with E-state index in [1.54, 1.807) is 11.1 Å². The lowest BCUT2D eigenvalue weighted by atomic mass is 9.43. The smallest absolute Gasteiger partial charge is 0.0547 e. The number of benzene rings is 9. The van der Waals surface area contributed by atoms with Gasteiger partial charge in [-0.15, -0.1) is 0 Å². The largest absolute Gasteiger partial charge is 0.309 e. The van der Waals surface area contributed by atoms with Crippen molar-refractivity contribution in [3.63, 3.8) is 0 Å². The van der Waals surface area contributed by atoms with Crippen LogP contribution in [0.4, 0.5) is 0 Å². The van der Waals surface area contributed by atoms with E-state index in [1.807, 2.05) is 0 Å².